The quantitative estimate of drug-likeness (QED) is 0.759. The predicted octanol–water partition coefficient (Wildman–Crippen LogP) is 4.58. The van der Waals surface area contributed by atoms with E-state index in [1.165, 1.54) is 12.8 Å². The number of carbonyl (C=O) groups excluding carboxylic acids is 1. The van der Waals surface area contributed by atoms with Gasteiger partial charge in [-0.15, -0.1) is 0 Å². The summed E-state index contributed by atoms with van der Waals surface area (Å²) in [5, 5.41) is 3.09. The van der Waals surface area contributed by atoms with Crippen LogP contribution in [0.25, 0.3) is 0 Å². The minimum atomic E-state index is -0.0743. The zero-order valence-electron chi connectivity index (χ0n) is 17.4. The Labute approximate surface area is 168 Å². The van der Waals surface area contributed by atoms with Crippen molar-refractivity contribution in [3.63, 3.8) is 0 Å². The van der Waals surface area contributed by atoms with Gasteiger partial charge in [0.25, 0.3) is 5.91 Å². The smallest absolute Gasteiger partial charge is 0.251 e. The number of rotatable bonds is 7. The van der Waals surface area contributed by atoms with Gasteiger partial charge in [0.15, 0.2) is 0 Å². The molecule has 2 aromatic rings. The highest BCUT2D eigenvalue weighted by Gasteiger charge is 2.27. The van der Waals surface area contributed by atoms with E-state index < -0.39 is 0 Å². The monoisotopic (exact) mass is 384 g/mol. The molecule has 152 valence electrons. The molecular weight excluding hydrogens is 352 g/mol. The fourth-order valence-electron chi connectivity index (χ4n) is 3.63. The van der Waals surface area contributed by atoms with Gasteiger partial charge in [0.1, 0.15) is 17.3 Å². The lowest BCUT2D eigenvalue weighted by atomic mass is 9.97. The third-order valence-electron chi connectivity index (χ3n) is 5.29. The fourth-order valence-corrected chi connectivity index (χ4v) is 3.63. The van der Waals surface area contributed by atoms with Crippen molar-refractivity contribution in [1.29, 1.82) is 0 Å². The van der Waals surface area contributed by atoms with Crippen LogP contribution >= 0.6 is 0 Å². The number of piperidine rings is 1. The maximum Gasteiger partial charge on any atom is 0.251 e. The maximum absolute atomic E-state index is 12.7. The molecule has 1 fully saturated rings. The van der Waals surface area contributed by atoms with Crippen LogP contribution in [0.5, 0.6) is 5.75 Å². The Bertz CT molecular complexity index is 758. The van der Waals surface area contributed by atoms with Gasteiger partial charge in [0.05, 0.1) is 12.1 Å². The molecule has 3 rings (SSSR count). The number of ether oxygens (including phenoxy) is 1. The minimum absolute atomic E-state index is 0.0636. The Kier molecular flexibility index (Phi) is 6.79. The molecule has 1 aromatic carbocycles. The molecule has 0 aliphatic carbocycles. The largest absolute Gasteiger partial charge is 0.491 e. The van der Waals surface area contributed by atoms with Gasteiger partial charge < -0.3 is 14.5 Å². The maximum atomic E-state index is 12.7. The van der Waals surface area contributed by atoms with Gasteiger partial charge in [0, 0.05) is 12.1 Å². The van der Waals surface area contributed by atoms with Crippen molar-refractivity contribution < 1.29 is 13.9 Å². The molecule has 1 aliphatic rings. The summed E-state index contributed by atoms with van der Waals surface area (Å²) in [6.45, 7) is 10.8. The van der Waals surface area contributed by atoms with Crippen LogP contribution in [0.2, 0.25) is 0 Å². The van der Waals surface area contributed by atoms with E-state index in [0.29, 0.717) is 12.1 Å². The Morgan fingerprint density at radius 2 is 1.86 bits per heavy atom. The van der Waals surface area contributed by atoms with Gasteiger partial charge in [-0.05, 0) is 89.0 Å². The van der Waals surface area contributed by atoms with E-state index in [-0.39, 0.29) is 18.1 Å². The number of benzene rings is 1. The molecule has 0 bridgehead atoms. The lowest BCUT2D eigenvalue weighted by Gasteiger charge is -2.35. The number of carbonyl (C=O) groups is 1. The number of nitrogens with zero attached hydrogens (tertiary/aromatic N) is 1. The topological polar surface area (TPSA) is 54.7 Å². The first-order valence-corrected chi connectivity index (χ1v) is 10.3. The molecule has 1 aromatic heterocycles. The molecule has 1 atom stereocenters. The first kappa shape index (κ1) is 20.5. The molecule has 0 unspecified atom stereocenters. The number of aryl methyl sites for hydroxylation is 1. The molecule has 5 heteroatoms. The van der Waals surface area contributed by atoms with Gasteiger partial charge in [-0.2, -0.15) is 0 Å². The van der Waals surface area contributed by atoms with Crippen molar-refractivity contribution in [2.75, 3.05) is 19.6 Å². The first-order valence-electron chi connectivity index (χ1n) is 10.3. The number of amides is 1. The molecule has 1 aliphatic heterocycles. The van der Waals surface area contributed by atoms with Gasteiger partial charge in [0.2, 0.25) is 0 Å². The second-order valence-electron chi connectivity index (χ2n) is 8.08. The molecule has 1 amide bonds. The van der Waals surface area contributed by atoms with Gasteiger partial charge in [-0.25, -0.2) is 0 Å². The fraction of sp³-hybridized carbons (Fsp3) is 0.522. The zero-order valence-corrected chi connectivity index (χ0v) is 17.4. The van der Waals surface area contributed by atoms with Crippen molar-refractivity contribution in [3.8, 4) is 5.75 Å². The molecule has 0 saturated carbocycles. The van der Waals surface area contributed by atoms with Gasteiger partial charge >= 0.3 is 0 Å². The van der Waals surface area contributed by atoms with Crippen LogP contribution in [-0.2, 0) is 0 Å². The highest BCUT2D eigenvalue weighted by Crippen LogP contribution is 2.27. The highest BCUT2D eigenvalue weighted by molar-refractivity contribution is 5.94. The molecule has 1 saturated heterocycles. The van der Waals surface area contributed by atoms with Crippen LogP contribution in [0, 0.1) is 12.8 Å². The van der Waals surface area contributed by atoms with E-state index in [2.05, 4.69) is 17.1 Å². The lowest BCUT2D eigenvalue weighted by Crippen LogP contribution is -2.41. The summed E-state index contributed by atoms with van der Waals surface area (Å²) in [6.07, 6.45) is 2.48. The highest BCUT2D eigenvalue weighted by atomic mass is 16.5. The van der Waals surface area contributed by atoms with Crippen LogP contribution < -0.4 is 10.1 Å². The van der Waals surface area contributed by atoms with Crippen molar-refractivity contribution in [3.05, 3.63) is 53.5 Å². The number of likely N-dealkylation sites (tertiary alicyclic amines) is 1. The zero-order chi connectivity index (χ0) is 20.1. The van der Waals surface area contributed by atoms with Crippen LogP contribution in [-0.4, -0.2) is 36.5 Å². The Hall–Kier alpha value is -2.27. The molecule has 1 N–H and O–H groups in total. The summed E-state index contributed by atoms with van der Waals surface area (Å²) in [6, 6.07) is 11.4. The van der Waals surface area contributed by atoms with E-state index in [0.717, 1.165) is 36.3 Å². The van der Waals surface area contributed by atoms with E-state index in [9.17, 15) is 4.79 Å². The van der Waals surface area contributed by atoms with E-state index in [1.807, 2.05) is 57.2 Å². The molecule has 28 heavy (non-hydrogen) atoms. The SMILES string of the molecule is Cc1ccc([C@@H](CNC(=O)c2ccc(OC(C)C)cc2)N2CCC(C)CC2)o1. The van der Waals surface area contributed by atoms with E-state index in [1.54, 1.807) is 0 Å². The summed E-state index contributed by atoms with van der Waals surface area (Å²) in [4.78, 5) is 15.1. The van der Waals surface area contributed by atoms with Crippen LogP contribution in [0.4, 0.5) is 0 Å². The van der Waals surface area contributed by atoms with E-state index >= 15 is 0 Å². The standard InChI is InChI=1S/C23H32N2O3/c1-16(2)27-20-8-6-19(7-9-20)23(26)24-15-21(22-10-5-18(4)28-22)25-13-11-17(3)12-14-25/h5-10,16-17,21H,11-15H2,1-4H3,(H,24,26)/t21-/m1/s1. The number of furan rings is 1. The first-order chi connectivity index (χ1) is 13.4. The molecule has 2 heterocycles. The summed E-state index contributed by atoms with van der Waals surface area (Å²) < 4.78 is 11.6. The van der Waals surface area contributed by atoms with Gasteiger partial charge in [-0.1, -0.05) is 6.92 Å². The third-order valence-corrected chi connectivity index (χ3v) is 5.29. The average molecular weight is 385 g/mol. The predicted molar refractivity (Wildman–Crippen MR) is 111 cm³/mol. The van der Waals surface area contributed by atoms with Gasteiger partial charge in [-0.3, -0.25) is 9.69 Å². The molecule has 0 spiro atoms. The molecular formula is C23H32N2O3. The van der Waals surface area contributed by atoms with Crippen molar-refractivity contribution >= 4 is 5.91 Å². The average Bonchev–Trinajstić information content (AvgIpc) is 3.09. The van der Waals surface area contributed by atoms with E-state index in [4.69, 9.17) is 9.15 Å². The van der Waals surface area contributed by atoms with Crippen molar-refractivity contribution in [2.45, 2.75) is 52.7 Å². The number of nitrogens with one attached hydrogen (secondary N) is 1. The number of hydrogen-bond acceptors (Lipinski definition) is 4. The summed E-state index contributed by atoms with van der Waals surface area (Å²) in [5.41, 5.74) is 0.637. The molecule has 5 nitrogen and oxygen atoms in total. The third kappa shape index (κ3) is 5.38. The molecule has 0 radical (unpaired) electrons. The van der Waals surface area contributed by atoms with Crippen LogP contribution in [0.1, 0.15) is 61.5 Å². The Balaban J connectivity index is 1.65. The summed E-state index contributed by atoms with van der Waals surface area (Å²) in [5.74, 6) is 3.29. The van der Waals surface area contributed by atoms with Crippen molar-refractivity contribution in [1.82, 2.24) is 10.2 Å². The minimum Gasteiger partial charge on any atom is -0.491 e. The normalized spacial score (nSPS) is 16.9. The number of hydrogen-bond donors (Lipinski definition) is 1. The Morgan fingerprint density at radius 1 is 1.18 bits per heavy atom. The Morgan fingerprint density at radius 3 is 2.43 bits per heavy atom. The lowest BCUT2D eigenvalue weighted by molar-refractivity contribution is 0.0895. The van der Waals surface area contributed by atoms with Crippen molar-refractivity contribution in [2.24, 2.45) is 5.92 Å². The second kappa shape index (κ2) is 9.28. The second-order valence-corrected chi connectivity index (χ2v) is 8.08. The van der Waals surface area contributed by atoms with Crippen LogP contribution in [0.15, 0.2) is 40.8 Å². The summed E-state index contributed by atoms with van der Waals surface area (Å²) >= 11 is 0. The van der Waals surface area contributed by atoms with Crippen LogP contribution in [0.3, 0.4) is 0 Å². The summed E-state index contributed by atoms with van der Waals surface area (Å²) in [7, 11) is 0.